The average Bonchev–Trinajstić information content (AvgIpc) is 3.66. The normalized spacial score (nSPS) is 28.3. The van der Waals surface area contributed by atoms with Crippen molar-refractivity contribution >= 4 is 23.6 Å². The number of Topliss-reactive ketones (excluding diaryl/α,β-unsaturated/α-hetero) is 1. The van der Waals surface area contributed by atoms with Crippen LogP contribution in [0.5, 0.6) is 0 Å². The van der Waals surface area contributed by atoms with Gasteiger partial charge in [-0.2, -0.15) is 0 Å². The minimum atomic E-state index is -0.716. The molecule has 4 aliphatic rings. The van der Waals surface area contributed by atoms with E-state index in [0.29, 0.717) is 12.5 Å². The highest BCUT2D eigenvalue weighted by atomic mass is 16.6. The van der Waals surface area contributed by atoms with Gasteiger partial charge < -0.3 is 15.0 Å². The van der Waals surface area contributed by atoms with Gasteiger partial charge in [-0.25, -0.2) is 9.78 Å². The highest BCUT2D eigenvalue weighted by Gasteiger charge is 2.59. The van der Waals surface area contributed by atoms with E-state index < -0.39 is 34.9 Å². The number of nitrogens with one attached hydrogen (secondary N) is 1. The fourth-order valence-electron chi connectivity index (χ4n) is 7.96. The minimum Gasteiger partial charge on any atom is -0.458 e. The molecular weight excluding hydrogens is 544 g/mol. The SMILES string of the molecule is CC(C)(C)OC(=O)[C@@H]1[C@@H]2[C@H](CN1C(=O)[C@@H](CC(=O)[C@@H](NC(=O)c1cnccn1)C1CCCCC1)C(C)(C)C)[C@@H]1C=C[C@H]2C1. The van der Waals surface area contributed by atoms with Crippen molar-refractivity contribution in [1.29, 1.82) is 0 Å². The van der Waals surface area contributed by atoms with Crippen LogP contribution in [0.4, 0.5) is 0 Å². The monoisotopic (exact) mass is 592 g/mol. The zero-order valence-corrected chi connectivity index (χ0v) is 26.5. The molecule has 1 N–H and O–H groups in total. The topological polar surface area (TPSA) is 119 Å². The van der Waals surface area contributed by atoms with Gasteiger partial charge >= 0.3 is 5.97 Å². The van der Waals surface area contributed by atoms with Crippen LogP contribution in [-0.4, -0.2) is 62.7 Å². The number of carbonyl (C=O) groups excluding carboxylic acids is 4. The van der Waals surface area contributed by atoms with Gasteiger partial charge in [0.1, 0.15) is 17.3 Å². The van der Waals surface area contributed by atoms with Gasteiger partial charge in [0.2, 0.25) is 5.91 Å². The molecule has 1 saturated heterocycles. The zero-order chi connectivity index (χ0) is 31.1. The molecule has 0 aromatic carbocycles. The maximum absolute atomic E-state index is 14.6. The quantitative estimate of drug-likeness (QED) is 0.341. The summed E-state index contributed by atoms with van der Waals surface area (Å²) in [4.78, 5) is 65.4. The van der Waals surface area contributed by atoms with Crippen LogP contribution in [0.25, 0.3) is 0 Å². The standard InChI is InChI=1S/C34H48N4O5/c1-33(2,3)24(17-26(39)28(20-10-8-7-9-11-20)37-30(40)25-18-35-14-15-36-25)31(41)38-19-23-21-12-13-22(16-21)27(23)29(38)32(42)43-34(4,5)6/h12-15,18,20-24,27-29H,7-11,16-17,19H2,1-6H3,(H,37,40)/t21-,22+,23-,24-,27+,28+,29+/m1/s1. The number of amides is 2. The third-order valence-electron chi connectivity index (χ3n) is 10.0. The number of allylic oxidation sites excluding steroid dienone is 2. The van der Waals surface area contributed by atoms with E-state index >= 15 is 0 Å². The number of likely N-dealkylation sites (tertiary alicyclic amines) is 1. The third-order valence-corrected chi connectivity index (χ3v) is 10.0. The fraction of sp³-hybridized carbons (Fsp3) is 0.706. The number of ketones is 1. The van der Waals surface area contributed by atoms with E-state index in [1.807, 2.05) is 41.5 Å². The van der Waals surface area contributed by atoms with Crippen LogP contribution in [0.1, 0.15) is 97.0 Å². The van der Waals surface area contributed by atoms with Crippen molar-refractivity contribution < 1.29 is 23.9 Å². The second-order valence-corrected chi connectivity index (χ2v) is 15.2. The Morgan fingerprint density at radius 2 is 1.70 bits per heavy atom. The summed E-state index contributed by atoms with van der Waals surface area (Å²) in [7, 11) is 0. The van der Waals surface area contributed by atoms with Crippen LogP contribution in [-0.2, 0) is 19.1 Å². The van der Waals surface area contributed by atoms with Crippen LogP contribution in [0, 0.1) is 40.9 Å². The van der Waals surface area contributed by atoms with Crippen molar-refractivity contribution in [3.63, 3.8) is 0 Å². The van der Waals surface area contributed by atoms with Crippen LogP contribution in [0.3, 0.4) is 0 Å². The molecule has 2 amide bonds. The molecule has 43 heavy (non-hydrogen) atoms. The summed E-state index contributed by atoms with van der Waals surface area (Å²) < 4.78 is 5.89. The molecule has 1 aromatic heterocycles. The van der Waals surface area contributed by atoms with E-state index in [1.54, 1.807) is 4.90 Å². The summed E-state index contributed by atoms with van der Waals surface area (Å²) >= 11 is 0. The molecule has 0 spiro atoms. The molecule has 7 atom stereocenters. The van der Waals surface area contributed by atoms with E-state index in [4.69, 9.17) is 4.74 Å². The van der Waals surface area contributed by atoms with Crippen molar-refractivity contribution in [1.82, 2.24) is 20.2 Å². The second kappa shape index (κ2) is 12.1. The van der Waals surface area contributed by atoms with Crippen LogP contribution >= 0.6 is 0 Å². The van der Waals surface area contributed by atoms with E-state index in [2.05, 4.69) is 27.4 Å². The number of rotatable bonds is 8. The van der Waals surface area contributed by atoms with Crippen molar-refractivity contribution in [3.8, 4) is 0 Å². The molecule has 234 valence electrons. The molecule has 0 unspecified atom stereocenters. The first-order valence-electron chi connectivity index (χ1n) is 16.1. The van der Waals surface area contributed by atoms with Crippen molar-refractivity contribution in [2.24, 2.45) is 40.9 Å². The summed E-state index contributed by atoms with van der Waals surface area (Å²) in [6.45, 7) is 12.0. The van der Waals surface area contributed by atoms with E-state index in [9.17, 15) is 19.2 Å². The highest BCUT2D eigenvalue weighted by Crippen LogP contribution is 2.55. The van der Waals surface area contributed by atoms with E-state index in [0.717, 1.165) is 38.5 Å². The van der Waals surface area contributed by atoms with Gasteiger partial charge in [-0.05, 0) is 69.1 Å². The number of esters is 1. The third kappa shape index (κ3) is 6.70. The summed E-state index contributed by atoms with van der Waals surface area (Å²) in [5.41, 5.74) is -1.07. The summed E-state index contributed by atoms with van der Waals surface area (Å²) in [6, 6.07) is -1.38. The molecule has 3 aliphatic carbocycles. The first-order chi connectivity index (χ1) is 20.2. The Labute approximate surface area is 255 Å². The van der Waals surface area contributed by atoms with Gasteiger partial charge in [0.15, 0.2) is 5.78 Å². The lowest BCUT2D eigenvalue weighted by Gasteiger charge is -2.38. The van der Waals surface area contributed by atoms with Gasteiger partial charge in [0, 0.05) is 37.2 Å². The second-order valence-electron chi connectivity index (χ2n) is 15.2. The number of nitrogens with zero attached hydrogens (tertiary/aromatic N) is 3. The van der Waals surface area contributed by atoms with E-state index in [1.165, 1.54) is 18.6 Å². The Morgan fingerprint density at radius 3 is 2.33 bits per heavy atom. The van der Waals surface area contributed by atoms with Gasteiger partial charge in [-0.1, -0.05) is 52.2 Å². The molecule has 9 nitrogen and oxygen atoms in total. The van der Waals surface area contributed by atoms with Gasteiger partial charge in [0.05, 0.1) is 12.2 Å². The predicted molar refractivity (Wildman–Crippen MR) is 161 cm³/mol. The van der Waals surface area contributed by atoms with Crippen LogP contribution in [0.2, 0.25) is 0 Å². The number of aromatic nitrogens is 2. The molecule has 2 bridgehead atoms. The molecule has 2 heterocycles. The Morgan fingerprint density at radius 1 is 1.00 bits per heavy atom. The maximum Gasteiger partial charge on any atom is 0.329 e. The number of carbonyl (C=O) groups is 4. The van der Waals surface area contributed by atoms with Crippen LogP contribution < -0.4 is 5.32 Å². The summed E-state index contributed by atoms with van der Waals surface area (Å²) in [6.07, 6.45) is 14.6. The molecule has 1 aromatic rings. The fourth-order valence-corrected chi connectivity index (χ4v) is 7.96. The van der Waals surface area contributed by atoms with Gasteiger partial charge in [-0.15, -0.1) is 0 Å². The molecule has 0 radical (unpaired) electrons. The molecular formula is C34H48N4O5. The number of hydrogen-bond acceptors (Lipinski definition) is 7. The van der Waals surface area contributed by atoms with Crippen molar-refractivity contribution in [3.05, 3.63) is 36.4 Å². The maximum atomic E-state index is 14.6. The first-order valence-corrected chi connectivity index (χ1v) is 16.1. The lowest BCUT2D eigenvalue weighted by molar-refractivity contribution is -0.166. The smallest absolute Gasteiger partial charge is 0.329 e. The summed E-state index contributed by atoms with van der Waals surface area (Å²) in [5.74, 6) is -0.901. The largest absolute Gasteiger partial charge is 0.458 e. The average molecular weight is 593 g/mol. The van der Waals surface area contributed by atoms with Gasteiger partial charge in [0.25, 0.3) is 5.91 Å². The Hall–Kier alpha value is -3.10. The number of ether oxygens (including phenoxy) is 1. The predicted octanol–water partition coefficient (Wildman–Crippen LogP) is 4.77. The Bertz CT molecular complexity index is 1240. The first kappa shape index (κ1) is 31.3. The molecule has 5 rings (SSSR count). The van der Waals surface area contributed by atoms with E-state index in [-0.39, 0.29) is 53.4 Å². The zero-order valence-electron chi connectivity index (χ0n) is 26.5. The number of fused-ring (bicyclic) bond motifs is 5. The Kier molecular flexibility index (Phi) is 8.83. The van der Waals surface area contributed by atoms with Crippen molar-refractivity contribution in [2.75, 3.05) is 6.54 Å². The highest BCUT2D eigenvalue weighted by molar-refractivity contribution is 5.98. The van der Waals surface area contributed by atoms with Crippen LogP contribution in [0.15, 0.2) is 30.7 Å². The minimum absolute atomic E-state index is 0.0000496. The Balaban J connectivity index is 1.40. The van der Waals surface area contributed by atoms with Crippen molar-refractivity contribution in [2.45, 2.75) is 104 Å². The molecule has 2 saturated carbocycles. The van der Waals surface area contributed by atoms with Gasteiger partial charge in [-0.3, -0.25) is 19.4 Å². The molecule has 9 heteroatoms. The number of hydrogen-bond donors (Lipinski definition) is 1. The lowest BCUT2D eigenvalue weighted by atomic mass is 9.74. The lowest BCUT2D eigenvalue weighted by Crippen LogP contribution is -2.52. The summed E-state index contributed by atoms with van der Waals surface area (Å²) in [5, 5.41) is 2.97. The molecule has 1 aliphatic heterocycles. The molecule has 3 fully saturated rings.